The smallest absolute Gasteiger partial charge is 0.168 e. The molecule has 2 saturated carbocycles. The quantitative estimate of drug-likeness (QED) is 0.614. The summed E-state index contributed by atoms with van der Waals surface area (Å²) in [7, 11) is 0. The number of benzene rings is 1. The summed E-state index contributed by atoms with van der Waals surface area (Å²) in [5.74, 6) is 0.976. The van der Waals surface area contributed by atoms with Gasteiger partial charge in [-0.05, 0) is 37.8 Å². The van der Waals surface area contributed by atoms with Gasteiger partial charge in [-0.1, -0.05) is 34.4 Å². The topological polar surface area (TPSA) is 53.7 Å². The van der Waals surface area contributed by atoms with Crippen molar-refractivity contribution in [2.45, 2.75) is 62.9 Å². The molecule has 150 valence electrons. The van der Waals surface area contributed by atoms with Gasteiger partial charge in [0.25, 0.3) is 0 Å². The number of hydrogen-bond donors (Lipinski definition) is 0. The van der Waals surface area contributed by atoms with Crippen LogP contribution >= 0.6 is 23.2 Å². The summed E-state index contributed by atoms with van der Waals surface area (Å²) in [4.78, 5) is 0. The standard InChI is InChI=1S/C21H23Cl2NO4/c22-16-2-1-3-17(23)18(16)19-15(20(28-24-19)13-4-5-13)12-25-14-6-8-21(9-7-14)26-10-11-27-21/h1-3,13-14H,4-12H2. The van der Waals surface area contributed by atoms with Gasteiger partial charge in [-0.3, -0.25) is 0 Å². The Balaban J connectivity index is 1.34. The van der Waals surface area contributed by atoms with Crippen molar-refractivity contribution < 1.29 is 18.7 Å². The van der Waals surface area contributed by atoms with Crippen molar-refractivity contribution in [2.75, 3.05) is 13.2 Å². The van der Waals surface area contributed by atoms with Crippen molar-refractivity contribution in [1.82, 2.24) is 5.16 Å². The molecule has 1 spiro atoms. The molecule has 1 aliphatic heterocycles. The SMILES string of the molecule is Clc1cccc(Cl)c1-c1noc(C2CC2)c1COC1CCC2(CC1)OCCO2. The van der Waals surface area contributed by atoms with Gasteiger partial charge in [0.15, 0.2) is 5.79 Å². The van der Waals surface area contributed by atoms with Crippen LogP contribution in [-0.4, -0.2) is 30.3 Å². The van der Waals surface area contributed by atoms with E-state index in [-0.39, 0.29) is 11.9 Å². The zero-order valence-electron chi connectivity index (χ0n) is 15.6. The normalized spacial score (nSPS) is 22.2. The van der Waals surface area contributed by atoms with E-state index in [1.807, 2.05) is 18.2 Å². The molecule has 2 heterocycles. The lowest BCUT2D eigenvalue weighted by Gasteiger charge is -2.35. The Morgan fingerprint density at radius 1 is 1.04 bits per heavy atom. The van der Waals surface area contributed by atoms with E-state index in [9.17, 15) is 0 Å². The summed E-state index contributed by atoms with van der Waals surface area (Å²) in [6.07, 6.45) is 6.02. The monoisotopic (exact) mass is 423 g/mol. The number of hydrogen-bond acceptors (Lipinski definition) is 5. The van der Waals surface area contributed by atoms with Crippen LogP contribution in [0.2, 0.25) is 10.0 Å². The zero-order valence-corrected chi connectivity index (χ0v) is 17.1. The van der Waals surface area contributed by atoms with Crippen LogP contribution < -0.4 is 0 Å². The zero-order chi connectivity index (χ0) is 19.1. The fourth-order valence-electron chi connectivity index (χ4n) is 4.23. The van der Waals surface area contributed by atoms with Crippen molar-refractivity contribution in [3.8, 4) is 11.3 Å². The van der Waals surface area contributed by atoms with Crippen LogP contribution in [0.5, 0.6) is 0 Å². The highest BCUT2D eigenvalue weighted by molar-refractivity contribution is 6.39. The van der Waals surface area contributed by atoms with Crippen molar-refractivity contribution in [3.63, 3.8) is 0 Å². The second kappa shape index (κ2) is 7.62. The van der Waals surface area contributed by atoms with Crippen LogP contribution in [0, 0.1) is 0 Å². The lowest BCUT2D eigenvalue weighted by Crippen LogP contribution is -2.37. The van der Waals surface area contributed by atoms with E-state index in [0.717, 1.165) is 55.4 Å². The van der Waals surface area contributed by atoms with Crippen molar-refractivity contribution in [1.29, 1.82) is 0 Å². The maximum atomic E-state index is 6.42. The molecule has 0 radical (unpaired) electrons. The van der Waals surface area contributed by atoms with Gasteiger partial charge in [-0.25, -0.2) is 0 Å². The van der Waals surface area contributed by atoms with Gasteiger partial charge in [0, 0.05) is 29.9 Å². The molecule has 1 saturated heterocycles. The number of ether oxygens (including phenoxy) is 3. The van der Waals surface area contributed by atoms with Gasteiger partial charge in [0.1, 0.15) is 11.5 Å². The molecule has 1 aromatic carbocycles. The van der Waals surface area contributed by atoms with Gasteiger partial charge in [0.2, 0.25) is 0 Å². The molecule has 5 nitrogen and oxygen atoms in total. The molecule has 0 bridgehead atoms. The van der Waals surface area contributed by atoms with Crippen LogP contribution in [-0.2, 0) is 20.8 Å². The van der Waals surface area contributed by atoms with E-state index in [2.05, 4.69) is 5.16 Å². The van der Waals surface area contributed by atoms with E-state index >= 15 is 0 Å². The maximum absolute atomic E-state index is 6.42. The van der Waals surface area contributed by atoms with E-state index < -0.39 is 0 Å². The fourth-order valence-corrected chi connectivity index (χ4v) is 4.81. The first-order valence-electron chi connectivity index (χ1n) is 9.97. The highest BCUT2D eigenvalue weighted by Gasteiger charge is 2.41. The molecule has 5 rings (SSSR count). The Hall–Kier alpha value is -1.11. The molecule has 3 aliphatic rings. The molecule has 2 aliphatic carbocycles. The molecule has 1 aromatic heterocycles. The molecule has 2 aromatic rings. The summed E-state index contributed by atoms with van der Waals surface area (Å²) in [5, 5.41) is 5.47. The molecule has 0 atom stereocenters. The van der Waals surface area contributed by atoms with Crippen LogP contribution in [0.4, 0.5) is 0 Å². The van der Waals surface area contributed by atoms with Gasteiger partial charge in [-0.2, -0.15) is 0 Å². The van der Waals surface area contributed by atoms with Crippen molar-refractivity contribution in [2.24, 2.45) is 0 Å². The molecular formula is C21H23Cl2NO4. The van der Waals surface area contributed by atoms with Crippen LogP contribution in [0.15, 0.2) is 22.7 Å². The maximum Gasteiger partial charge on any atom is 0.168 e. The third-order valence-corrected chi connectivity index (χ3v) is 6.57. The minimum absolute atomic E-state index is 0.176. The van der Waals surface area contributed by atoms with Gasteiger partial charge < -0.3 is 18.7 Å². The number of aromatic nitrogens is 1. The Morgan fingerprint density at radius 3 is 2.36 bits per heavy atom. The Kier molecular flexibility index (Phi) is 5.14. The van der Waals surface area contributed by atoms with Gasteiger partial charge >= 0.3 is 0 Å². The summed E-state index contributed by atoms with van der Waals surface area (Å²) in [6, 6.07) is 5.47. The first kappa shape index (κ1) is 18.9. The number of halogens is 2. The lowest BCUT2D eigenvalue weighted by atomic mass is 9.91. The summed E-state index contributed by atoms with van der Waals surface area (Å²) in [5.41, 5.74) is 2.40. The largest absolute Gasteiger partial charge is 0.373 e. The van der Waals surface area contributed by atoms with Crippen molar-refractivity contribution in [3.05, 3.63) is 39.6 Å². The molecule has 0 unspecified atom stereocenters. The third kappa shape index (κ3) is 3.59. The second-order valence-corrected chi connectivity index (χ2v) is 8.68. The Bertz CT molecular complexity index is 828. The average molecular weight is 424 g/mol. The summed E-state index contributed by atoms with van der Waals surface area (Å²) < 4.78 is 23.6. The predicted octanol–water partition coefficient (Wildman–Crippen LogP) is 5.73. The highest BCUT2D eigenvalue weighted by Crippen LogP contribution is 2.46. The van der Waals surface area contributed by atoms with Crippen LogP contribution in [0.1, 0.15) is 55.8 Å². The van der Waals surface area contributed by atoms with Crippen LogP contribution in [0.25, 0.3) is 11.3 Å². The molecular weight excluding hydrogens is 401 g/mol. The van der Waals surface area contributed by atoms with E-state index in [1.165, 1.54) is 0 Å². The van der Waals surface area contributed by atoms with E-state index in [0.29, 0.717) is 41.5 Å². The second-order valence-electron chi connectivity index (χ2n) is 7.86. The van der Waals surface area contributed by atoms with Crippen molar-refractivity contribution >= 4 is 23.2 Å². The number of nitrogens with zero attached hydrogens (tertiary/aromatic N) is 1. The predicted molar refractivity (Wildman–Crippen MR) is 106 cm³/mol. The lowest BCUT2D eigenvalue weighted by molar-refractivity contribution is -0.192. The Labute approximate surface area is 174 Å². The van der Waals surface area contributed by atoms with Gasteiger partial charge in [0.05, 0.1) is 36.0 Å². The fraction of sp³-hybridized carbons (Fsp3) is 0.571. The molecule has 7 heteroatoms. The first-order valence-corrected chi connectivity index (χ1v) is 10.7. The van der Waals surface area contributed by atoms with E-state index in [1.54, 1.807) is 0 Å². The minimum atomic E-state index is -0.369. The Morgan fingerprint density at radius 2 is 1.71 bits per heavy atom. The molecule has 3 fully saturated rings. The van der Waals surface area contributed by atoms with Crippen LogP contribution in [0.3, 0.4) is 0 Å². The minimum Gasteiger partial charge on any atom is -0.373 e. The van der Waals surface area contributed by atoms with E-state index in [4.69, 9.17) is 41.9 Å². The number of rotatable bonds is 5. The first-order chi connectivity index (χ1) is 13.7. The van der Waals surface area contributed by atoms with Gasteiger partial charge in [-0.15, -0.1) is 0 Å². The average Bonchev–Trinajstić information content (AvgIpc) is 3.30. The molecule has 28 heavy (non-hydrogen) atoms. The summed E-state index contributed by atoms with van der Waals surface area (Å²) >= 11 is 12.8. The highest BCUT2D eigenvalue weighted by atomic mass is 35.5. The molecule has 0 N–H and O–H groups in total. The molecule has 0 amide bonds. The summed E-state index contributed by atoms with van der Waals surface area (Å²) in [6.45, 7) is 1.84. The third-order valence-electron chi connectivity index (χ3n) is 5.94.